The normalized spacial score (nSPS) is 11.9. The molecule has 176 valence electrons. The fourth-order valence-electron chi connectivity index (χ4n) is 4.82. The first kappa shape index (κ1) is 22.1. The van der Waals surface area contributed by atoms with E-state index in [0.29, 0.717) is 5.56 Å². The van der Waals surface area contributed by atoms with Gasteiger partial charge < -0.3 is 5.11 Å². The van der Waals surface area contributed by atoms with Crippen molar-refractivity contribution < 1.29 is 5.11 Å². The van der Waals surface area contributed by atoms with Gasteiger partial charge in [0.2, 0.25) is 0 Å². The van der Waals surface area contributed by atoms with Crippen molar-refractivity contribution in [1.29, 1.82) is 0 Å². The molecule has 4 nitrogen and oxygen atoms in total. The van der Waals surface area contributed by atoms with Crippen LogP contribution in [0.5, 0.6) is 5.75 Å². The van der Waals surface area contributed by atoms with Crippen LogP contribution in [-0.2, 0) is 5.41 Å². The molecule has 3 aromatic heterocycles. The lowest BCUT2D eigenvalue weighted by atomic mass is 9.87. The highest BCUT2D eigenvalue weighted by Crippen LogP contribution is 2.36. The zero-order valence-corrected chi connectivity index (χ0v) is 20.6. The number of aromatic hydroxyl groups is 1. The van der Waals surface area contributed by atoms with Gasteiger partial charge >= 0.3 is 0 Å². The zero-order chi connectivity index (χ0) is 24.9. The van der Waals surface area contributed by atoms with Crippen LogP contribution in [0.4, 0.5) is 0 Å². The molecule has 0 unspecified atom stereocenters. The molecule has 0 radical (unpaired) electrons. The molecular formula is C32H27N3O. The SMILES string of the molecule is CC(C)(C)c1ccnc(-c2ccc3c4ccccc4n(-c4cccc(-c5ccccc5O)n4)c3c2)c1. The van der Waals surface area contributed by atoms with Crippen LogP contribution in [0.2, 0.25) is 0 Å². The third kappa shape index (κ3) is 3.72. The van der Waals surface area contributed by atoms with Crippen molar-refractivity contribution in [1.82, 2.24) is 14.5 Å². The summed E-state index contributed by atoms with van der Waals surface area (Å²) < 4.78 is 2.20. The smallest absolute Gasteiger partial charge is 0.138 e. The highest BCUT2D eigenvalue weighted by atomic mass is 16.3. The number of phenolic OH excluding ortho intramolecular Hbond substituents is 1. The number of aromatic nitrogens is 3. The van der Waals surface area contributed by atoms with E-state index in [-0.39, 0.29) is 11.2 Å². The first-order chi connectivity index (χ1) is 17.4. The first-order valence-corrected chi connectivity index (χ1v) is 12.2. The van der Waals surface area contributed by atoms with E-state index < -0.39 is 0 Å². The molecule has 0 saturated carbocycles. The minimum Gasteiger partial charge on any atom is -0.507 e. The van der Waals surface area contributed by atoms with E-state index >= 15 is 0 Å². The topological polar surface area (TPSA) is 50.9 Å². The number of benzene rings is 3. The lowest BCUT2D eigenvalue weighted by molar-refractivity contribution is 0.477. The minimum absolute atomic E-state index is 0.0457. The lowest BCUT2D eigenvalue weighted by Gasteiger charge is -2.19. The predicted molar refractivity (Wildman–Crippen MR) is 148 cm³/mol. The Hall–Kier alpha value is -4.44. The third-order valence-corrected chi connectivity index (χ3v) is 6.74. The molecular weight excluding hydrogens is 442 g/mol. The summed E-state index contributed by atoms with van der Waals surface area (Å²) in [5.41, 5.74) is 6.92. The van der Waals surface area contributed by atoms with Crippen LogP contribution in [0.15, 0.2) is 103 Å². The van der Waals surface area contributed by atoms with E-state index in [9.17, 15) is 5.11 Å². The Morgan fingerprint density at radius 1 is 0.694 bits per heavy atom. The van der Waals surface area contributed by atoms with E-state index in [1.807, 2.05) is 42.6 Å². The van der Waals surface area contributed by atoms with Crippen molar-refractivity contribution in [2.45, 2.75) is 26.2 Å². The van der Waals surface area contributed by atoms with Crippen molar-refractivity contribution in [3.8, 4) is 34.1 Å². The molecule has 0 aliphatic heterocycles. The Balaban J connectivity index is 1.59. The highest BCUT2D eigenvalue weighted by Gasteiger charge is 2.17. The molecule has 0 aliphatic carbocycles. The van der Waals surface area contributed by atoms with Gasteiger partial charge in [-0.05, 0) is 59.5 Å². The molecule has 3 aromatic carbocycles. The largest absolute Gasteiger partial charge is 0.507 e. The molecule has 0 aliphatic rings. The van der Waals surface area contributed by atoms with E-state index in [1.54, 1.807) is 6.07 Å². The summed E-state index contributed by atoms with van der Waals surface area (Å²) in [5.74, 6) is 1.02. The van der Waals surface area contributed by atoms with Crippen molar-refractivity contribution in [2.75, 3.05) is 0 Å². The standard InChI is InChI=1S/C32H27N3O/c1-32(2,3)22-17-18-33-27(20-22)21-15-16-24-23-9-4-6-12-28(23)35(29(24)19-21)31-14-8-11-26(34-31)25-10-5-7-13-30(25)36/h4-20,36H,1-3H3. The summed E-state index contributed by atoms with van der Waals surface area (Å²) in [6, 6.07) is 32.5. The second-order valence-electron chi connectivity index (χ2n) is 10.2. The summed E-state index contributed by atoms with van der Waals surface area (Å²) in [6.45, 7) is 6.66. The highest BCUT2D eigenvalue weighted by molar-refractivity contribution is 6.10. The molecule has 6 aromatic rings. The van der Waals surface area contributed by atoms with Crippen molar-refractivity contribution in [3.63, 3.8) is 0 Å². The number of fused-ring (bicyclic) bond motifs is 3. The molecule has 36 heavy (non-hydrogen) atoms. The number of hydrogen-bond acceptors (Lipinski definition) is 3. The van der Waals surface area contributed by atoms with Crippen LogP contribution in [0.25, 0.3) is 50.1 Å². The lowest BCUT2D eigenvalue weighted by Crippen LogP contribution is -2.11. The second kappa shape index (κ2) is 8.35. The van der Waals surface area contributed by atoms with Gasteiger partial charge in [-0.3, -0.25) is 9.55 Å². The van der Waals surface area contributed by atoms with Gasteiger partial charge in [-0.25, -0.2) is 4.98 Å². The Labute approximate surface area is 210 Å². The Morgan fingerprint density at radius 3 is 2.31 bits per heavy atom. The Bertz CT molecular complexity index is 1740. The van der Waals surface area contributed by atoms with Crippen LogP contribution in [0.3, 0.4) is 0 Å². The summed E-state index contributed by atoms with van der Waals surface area (Å²) in [6.07, 6.45) is 1.90. The number of phenols is 1. The van der Waals surface area contributed by atoms with Gasteiger partial charge in [0.25, 0.3) is 0 Å². The second-order valence-corrected chi connectivity index (χ2v) is 10.2. The van der Waals surface area contributed by atoms with Crippen LogP contribution in [-0.4, -0.2) is 19.6 Å². The molecule has 0 fully saturated rings. The van der Waals surface area contributed by atoms with Gasteiger partial charge in [0.1, 0.15) is 11.6 Å². The van der Waals surface area contributed by atoms with Gasteiger partial charge in [-0.2, -0.15) is 0 Å². The molecule has 3 heterocycles. The summed E-state index contributed by atoms with van der Waals surface area (Å²) in [5, 5.41) is 12.8. The maximum Gasteiger partial charge on any atom is 0.138 e. The average Bonchev–Trinajstić information content (AvgIpc) is 3.22. The summed E-state index contributed by atoms with van der Waals surface area (Å²) in [7, 11) is 0. The molecule has 6 rings (SSSR count). The van der Waals surface area contributed by atoms with Crippen LogP contribution < -0.4 is 0 Å². The number of nitrogens with zero attached hydrogens (tertiary/aromatic N) is 3. The van der Waals surface area contributed by atoms with Crippen LogP contribution in [0.1, 0.15) is 26.3 Å². The van der Waals surface area contributed by atoms with Gasteiger partial charge in [0.05, 0.1) is 22.4 Å². The number of para-hydroxylation sites is 2. The van der Waals surface area contributed by atoms with E-state index in [0.717, 1.165) is 39.2 Å². The average molecular weight is 470 g/mol. The Kier molecular flexibility index (Phi) is 5.11. The molecule has 0 amide bonds. The fourth-order valence-corrected chi connectivity index (χ4v) is 4.82. The summed E-state index contributed by atoms with van der Waals surface area (Å²) >= 11 is 0. The van der Waals surface area contributed by atoms with Crippen molar-refractivity contribution in [3.05, 3.63) is 109 Å². The number of hydrogen-bond donors (Lipinski definition) is 1. The maximum absolute atomic E-state index is 10.4. The van der Waals surface area contributed by atoms with E-state index in [2.05, 4.69) is 79.9 Å². The van der Waals surface area contributed by atoms with Gasteiger partial charge in [-0.1, -0.05) is 69.3 Å². The zero-order valence-electron chi connectivity index (χ0n) is 20.6. The third-order valence-electron chi connectivity index (χ3n) is 6.74. The van der Waals surface area contributed by atoms with Gasteiger partial charge in [0, 0.05) is 28.1 Å². The van der Waals surface area contributed by atoms with Crippen molar-refractivity contribution in [2.24, 2.45) is 0 Å². The Morgan fingerprint density at radius 2 is 1.47 bits per heavy atom. The molecule has 1 N–H and O–H groups in total. The minimum atomic E-state index is 0.0457. The van der Waals surface area contributed by atoms with Crippen LogP contribution >= 0.6 is 0 Å². The molecule has 0 spiro atoms. The monoisotopic (exact) mass is 469 g/mol. The van der Waals surface area contributed by atoms with Crippen molar-refractivity contribution >= 4 is 21.8 Å². The quantitative estimate of drug-likeness (QED) is 0.286. The molecule has 0 saturated heterocycles. The summed E-state index contributed by atoms with van der Waals surface area (Å²) in [4.78, 5) is 9.68. The maximum atomic E-state index is 10.4. The van der Waals surface area contributed by atoms with Gasteiger partial charge in [0.15, 0.2) is 0 Å². The molecule has 0 atom stereocenters. The van der Waals surface area contributed by atoms with Gasteiger partial charge in [-0.15, -0.1) is 0 Å². The van der Waals surface area contributed by atoms with Crippen LogP contribution in [0, 0.1) is 0 Å². The van der Waals surface area contributed by atoms with E-state index in [1.165, 1.54) is 10.9 Å². The molecule has 4 heteroatoms. The van der Waals surface area contributed by atoms with E-state index in [4.69, 9.17) is 9.97 Å². The first-order valence-electron chi connectivity index (χ1n) is 12.2. The fraction of sp³-hybridized carbons (Fsp3) is 0.125. The number of pyridine rings is 2. The predicted octanol–water partition coefficient (Wildman–Crippen LogP) is 7.91. The number of rotatable bonds is 3. The molecule has 0 bridgehead atoms.